The van der Waals surface area contributed by atoms with Gasteiger partial charge in [-0.05, 0) is 37.3 Å². The van der Waals surface area contributed by atoms with E-state index < -0.39 is 0 Å². The van der Waals surface area contributed by atoms with Crippen LogP contribution in [0.4, 0.5) is 0 Å². The van der Waals surface area contributed by atoms with Crippen LogP contribution in [0, 0.1) is 11.8 Å². The third-order valence-corrected chi connectivity index (χ3v) is 5.29. The first-order chi connectivity index (χ1) is 11.6. The maximum atomic E-state index is 12.4. The van der Waals surface area contributed by atoms with E-state index in [0.29, 0.717) is 24.7 Å². The number of nitrogens with zero attached hydrogens (tertiary/aromatic N) is 1. The van der Waals surface area contributed by atoms with Gasteiger partial charge < -0.3 is 10.2 Å². The third-order valence-electron chi connectivity index (χ3n) is 4.92. The molecule has 1 aromatic rings. The van der Waals surface area contributed by atoms with E-state index in [1.807, 2.05) is 29.2 Å². The lowest BCUT2D eigenvalue weighted by Crippen LogP contribution is -2.44. The minimum atomic E-state index is -0.0155. The summed E-state index contributed by atoms with van der Waals surface area (Å²) in [4.78, 5) is 26.7. The van der Waals surface area contributed by atoms with Gasteiger partial charge in [0.05, 0.1) is 0 Å². The van der Waals surface area contributed by atoms with E-state index in [4.69, 9.17) is 11.6 Å². The molecule has 1 heterocycles. The fourth-order valence-electron chi connectivity index (χ4n) is 3.23. The molecule has 1 aromatic carbocycles. The van der Waals surface area contributed by atoms with Gasteiger partial charge in [0.1, 0.15) is 0 Å². The first-order valence-electron chi connectivity index (χ1n) is 8.86. The van der Waals surface area contributed by atoms with Gasteiger partial charge in [0.2, 0.25) is 11.8 Å². The van der Waals surface area contributed by atoms with E-state index in [1.165, 1.54) is 0 Å². The van der Waals surface area contributed by atoms with E-state index in [0.717, 1.165) is 31.2 Å². The van der Waals surface area contributed by atoms with Gasteiger partial charge in [0, 0.05) is 36.5 Å². The lowest BCUT2D eigenvalue weighted by atomic mass is 9.93. The zero-order valence-electron chi connectivity index (χ0n) is 14.6. The Morgan fingerprint density at radius 3 is 2.42 bits per heavy atom. The number of hydrogen-bond acceptors (Lipinski definition) is 2. The Kier molecular flexibility index (Phi) is 7.10. The van der Waals surface area contributed by atoms with Crippen molar-refractivity contribution in [2.75, 3.05) is 13.1 Å². The molecule has 2 rings (SSSR count). The summed E-state index contributed by atoms with van der Waals surface area (Å²) < 4.78 is 0. The fourth-order valence-corrected chi connectivity index (χ4v) is 3.43. The molecule has 24 heavy (non-hydrogen) atoms. The van der Waals surface area contributed by atoms with Crippen molar-refractivity contribution in [2.24, 2.45) is 11.8 Å². The van der Waals surface area contributed by atoms with Crippen LogP contribution in [0.25, 0.3) is 0 Å². The number of carbonyl (C=O) groups excluding carboxylic acids is 2. The summed E-state index contributed by atoms with van der Waals surface area (Å²) in [7, 11) is 0. The molecule has 2 amide bonds. The van der Waals surface area contributed by atoms with Gasteiger partial charge in [0.15, 0.2) is 0 Å². The van der Waals surface area contributed by atoms with Crippen molar-refractivity contribution in [1.29, 1.82) is 0 Å². The van der Waals surface area contributed by atoms with Gasteiger partial charge in [-0.2, -0.15) is 0 Å². The molecule has 1 fully saturated rings. The number of hydrogen-bond donors (Lipinski definition) is 1. The highest BCUT2D eigenvalue weighted by atomic mass is 35.5. The van der Waals surface area contributed by atoms with Gasteiger partial charge in [-0.1, -0.05) is 43.6 Å². The first-order valence-corrected chi connectivity index (χ1v) is 9.24. The Morgan fingerprint density at radius 2 is 1.83 bits per heavy atom. The van der Waals surface area contributed by atoms with Crippen molar-refractivity contribution in [3.63, 3.8) is 0 Å². The quantitative estimate of drug-likeness (QED) is 0.851. The fraction of sp³-hybridized carbons (Fsp3) is 0.579. The molecule has 1 aliphatic rings. The summed E-state index contributed by atoms with van der Waals surface area (Å²) in [6, 6.07) is 7.53. The SMILES string of the molecule is CCC(CC)C(=O)N1CCC(C(=O)NCc2ccccc2Cl)CC1. The second-order valence-electron chi connectivity index (χ2n) is 6.42. The second kappa shape index (κ2) is 9.07. The molecule has 1 aliphatic heterocycles. The van der Waals surface area contributed by atoms with Crippen molar-refractivity contribution < 1.29 is 9.59 Å². The lowest BCUT2D eigenvalue weighted by molar-refractivity contribution is -0.139. The second-order valence-corrected chi connectivity index (χ2v) is 6.83. The van der Waals surface area contributed by atoms with Crippen LogP contribution >= 0.6 is 11.6 Å². The van der Waals surface area contributed by atoms with Gasteiger partial charge in [-0.25, -0.2) is 0 Å². The minimum Gasteiger partial charge on any atom is -0.352 e. The number of piperidine rings is 1. The van der Waals surface area contributed by atoms with Gasteiger partial charge in [-0.15, -0.1) is 0 Å². The predicted molar refractivity (Wildman–Crippen MR) is 96.7 cm³/mol. The van der Waals surface area contributed by atoms with E-state index in [-0.39, 0.29) is 23.7 Å². The van der Waals surface area contributed by atoms with Gasteiger partial charge in [-0.3, -0.25) is 9.59 Å². The van der Waals surface area contributed by atoms with E-state index in [2.05, 4.69) is 19.2 Å². The molecule has 5 heteroatoms. The summed E-state index contributed by atoms with van der Waals surface area (Å²) in [5, 5.41) is 3.64. The topological polar surface area (TPSA) is 49.4 Å². The summed E-state index contributed by atoms with van der Waals surface area (Å²) in [6.07, 6.45) is 3.24. The molecule has 0 radical (unpaired) electrons. The van der Waals surface area contributed by atoms with E-state index in [1.54, 1.807) is 0 Å². The van der Waals surface area contributed by atoms with Crippen LogP contribution in [0.2, 0.25) is 5.02 Å². The number of benzene rings is 1. The Labute approximate surface area is 149 Å². The number of carbonyl (C=O) groups is 2. The minimum absolute atomic E-state index is 0.0155. The third kappa shape index (κ3) is 4.73. The molecule has 0 aromatic heterocycles. The standard InChI is InChI=1S/C19H27ClN2O2/c1-3-14(4-2)19(24)22-11-9-15(10-12-22)18(23)21-13-16-7-5-6-8-17(16)20/h5-8,14-15H,3-4,9-13H2,1-2H3,(H,21,23). The largest absolute Gasteiger partial charge is 0.352 e. The Morgan fingerprint density at radius 1 is 1.21 bits per heavy atom. The monoisotopic (exact) mass is 350 g/mol. The normalized spacial score (nSPS) is 15.6. The molecule has 0 spiro atoms. The molecule has 1 saturated heterocycles. The molecule has 0 bridgehead atoms. The molecular weight excluding hydrogens is 324 g/mol. The zero-order valence-corrected chi connectivity index (χ0v) is 15.3. The molecule has 0 aliphatic carbocycles. The highest BCUT2D eigenvalue weighted by Gasteiger charge is 2.29. The first kappa shape index (κ1) is 18.8. The average Bonchev–Trinajstić information content (AvgIpc) is 2.62. The van der Waals surface area contributed by atoms with Crippen molar-refractivity contribution in [1.82, 2.24) is 10.2 Å². The van der Waals surface area contributed by atoms with Crippen LogP contribution in [0.5, 0.6) is 0 Å². The number of nitrogens with one attached hydrogen (secondary N) is 1. The summed E-state index contributed by atoms with van der Waals surface area (Å²) in [5.41, 5.74) is 0.925. The number of halogens is 1. The summed E-state index contributed by atoms with van der Waals surface area (Å²) in [6.45, 7) is 5.92. The molecule has 0 unspecified atom stereocenters. The van der Waals surface area contributed by atoms with Crippen LogP contribution in [-0.2, 0) is 16.1 Å². The van der Waals surface area contributed by atoms with Crippen LogP contribution in [0.15, 0.2) is 24.3 Å². The summed E-state index contributed by atoms with van der Waals surface area (Å²) in [5.74, 6) is 0.410. The van der Waals surface area contributed by atoms with Crippen LogP contribution < -0.4 is 5.32 Å². The van der Waals surface area contributed by atoms with Crippen molar-refractivity contribution in [3.05, 3.63) is 34.9 Å². The van der Waals surface area contributed by atoms with E-state index >= 15 is 0 Å². The molecule has 0 saturated carbocycles. The Hall–Kier alpha value is -1.55. The molecule has 1 N–H and O–H groups in total. The average molecular weight is 351 g/mol. The van der Waals surface area contributed by atoms with Gasteiger partial charge in [0.25, 0.3) is 0 Å². The molecular formula is C19H27ClN2O2. The van der Waals surface area contributed by atoms with Crippen LogP contribution in [0.3, 0.4) is 0 Å². The number of likely N-dealkylation sites (tertiary alicyclic amines) is 1. The van der Waals surface area contributed by atoms with Crippen molar-refractivity contribution in [2.45, 2.75) is 46.1 Å². The predicted octanol–water partition coefficient (Wildman–Crippen LogP) is 3.63. The Bertz CT molecular complexity index is 564. The lowest BCUT2D eigenvalue weighted by Gasteiger charge is -2.33. The van der Waals surface area contributed by atoms with Gasteiger partial charge >= 0.3 is 0 Å². The smallest absolute Gasteiger partial charge is 0.225 e. The van der Waals surface area contributed by atoms with Crippen molar-refractivity contribution in [3.8, 4) is 0 Å². The molecule has 132 valence electrons. The number of amides is 2. The Balaban J connectivity index is 1.80. The zero-order chi connectivity index (χ0) is 17.5. The highest BCUT2D eigenvalue weighted by Crippen LogP contribution is 2.21. The molecule has 0 atom stereocenters. The molecule has 4 nitrogen and oxygen atoms in total. The number of rotatable bonds is 6. The van der Waals surface area contributed by atoms with E-state index in [9.17, 15) is 9.59 Å². The highest BCUT2D eigenvalue weighted by molar-refractivity contribution is 6.31. The van der Waals surface area contributed by atoms with Crippen LogP contribution in [-0.4, -0.2) is 29.8 Å². The maximum Gasteiger partial charge on any atom is 0.225 e. The van der Waals surface area contributed by atoms with Crippen LogP contribution in [0.1, 0.15) is 45.1 Å². The summed E-state index contributed by atoms with van der Waals surface area (Å²) >= 11 is 6.11. The maximum absolute atomic E-state index is 12.4. The van der Waals surface area contributed by atoms with Crippen molar-refractivity contribution >= 4 is 23.4 Å².